The van der Waals surface area contributed by atoms with E-state index >= 15 is 0 Å². The first-order valence-electron chi connectivity index (χ1n) is 8.73. The predicted molar refractivity (Wildman–Crippen MR) is 104 cm³/mol. The Morgan fingerprint density at radius 3 is 2.46 bits per heavy atom. The van der Waals surface area contributed by atoms with Crippen LogP contribution in [0.15, 0.2) is 48.5 Å². The third kappa shape index (κ3) is 6.69. The molecule has 0 aliphatic carbocycles. The van der Waals surface area contributed by atoms with E-state index in [0.29, 0.717) is 30.8 Å². The van der Waals surface area contributed by atoms with E-state index in [1.54, 1.807) is 24.3 Å². The lowest BCUT2D eigenvalue weighted by Crippen LogP contribution is -2.28. The first-order valence-corrected chi connectivity index (χ1v) is 8.73. The van der Waals surface area contributed by atoms with Crippen LogP contribution in [0.2, 0.25) is 0 Å². The third-order valence-corrected chi connectivity index (χ3v) is 4.03. The zero-order valence-electron chi connectivity index (χ0n) is 15.6. The summed E-state index contributed by atoms with van der Waals surface area (Å²) >= 11 is 0. The van der Waals surface area contributed by atoms with Gasteiger partial charge in [-0.3, -0.25) is 9.59 Å². The van der Waals surface area contributed by atoms with Crippen molar-refractivity contribution in [3.05, 3.63) is 59.7 Å². The van der Waals surface area contributed by atoms with Gasteiger partial charge in [-0.2, -0.15) is 0 Å². The number of anilines is 1. The number of nitrogens with one attached hydrogen (secondary N) is 1. The van der Waals surface area contributed by atoms with Gasteiger partial charge in [0.25, 0.3) is 0 Å². The summed E-state index contributed by atoms with van der Waals surface area (Å²) in [6.45, 7) is 5.52. The summed E-state index contributed by atoms with van der Waals surface area (Å²) in [6, 6.07) is 14.9. The fourth-order valence-corrected chi connectivity index (χ4v) is 2.44. The van der Waals surface area contributed by atoms with E-state index < -0.39 is 0 Å². The number of nitrogens with zero attached hydrogens (tertiary/aromatic N) is 1. The van der Waals surface area contributed by atoms with Crippen molar-refractivity contribution in [3.63, 3.8) is 0 Å². The lowest BCUT2D eigenvalue weighted by atomic mass is 10.1. The number of Topliss-reactive ketones (excluding diaryl/α,β-unsaturated/α-hetero) is 1. The standard InChI is InChI=1S/C21H26N2O3/c1-16-5-4-6-20(15-16)26-14-13-23(3)12-11-21(25)22-19-9-7-18(8-10-19)17(2)24/h4-10,15H,11-14H2,1-3H3,(H,22,25). The molecule has 0 saturated carbocycles. The van der Waals surface area contributed by atoms with Crippen LogP contribution in [-0.4, -0.2) is 43.3 Å². The number of rotatable bonds is 9. The molecule has 26 heavy (non-hydrogen) atoms. The van der Waals surface area contributed by atoms with Gasteiger partial charge < -0.3 is 15.0 Å². The van der Waals surface area contributed by atoms with E-state index in [2.05, 4.69) is 10.2 Å². The molecule has 0 heterocycles. The molecule has 0 aromatic heterocycles. The summed E-state index contributed by atoms with van der Waals surface area (Å²) in [5, 5.41) is 2.84. The summed E-state index contributed by atoms with van der Waals surface area (Å²) in [4.78, 5) is 25.3. The molecular formula is C21H26N2O3. The molecule has 5 heteroatoms. The topological polar surface area (TPSA) is 58.6 Å². The van der Waals surface area contributed by atoms with Crippen LogP contribution in [0, 0.1) is 6.92 Å². The zero-order valence-corrected chi connectivity index (χ0v) is 15.6. The monoisotopic (exact) mass is 354 g/mol. The van der Waals surface area contributed by atoms with E-state index in [9.17, 15) is 9.59 Å². The van der Waals surface area contributed by atoms with E-state index in [4.69, 9.17) is 4.74 Å². The molecule has 0 atom stereocenters. The molecular weight excluding hydrogens is 328 g/mol. The smallest absolute Gasteiger partial charge is 0.225 e. The first-order chi connectivity index (χ1) is 12.4. The molecule has 2 aromatic carbocycles. The van der Waals surface area contributed by atoms with Crippen LogP contribution >= 0.6 is 0 Å². The molecule has 2 rings (SSSR count). The normalized spacial score (nSPS) is 10.6. The molecule has 0 radical (unpaired) electrons. The largest absolute Gasteiger partial charge is 0.492 e. The molecule has 0 aliphatic rings. The highest BCUT2D eigenvalue weighted by Crippen LogP contribution is 2.12. The van der Waals surface area contributed by atoms with Crippen molar-refractivity contribution in [2.75, 3.05) is 32.1 Å². The average molecular weight is 354 g/mol. The second kappa shape index (κ2) is 9.73. The van der Waals surface area contributed by atoms with Gasteiger partial charge in [-0.05, 0) is 62.9 Å². The van der Waals surface area contributed by atoms with Crippen LogP contribution in [-0.2, 0) is 4.79 Å². The molecule has 5 nitrogen and oxygen atoms in total. The second-order valence-electron chi connectivity index (χ2n) is 6.40. The van der Waals surface area contributed by atoms with Gasteiger partial charge in [0.1, 0.15) is 12.4 Å². The number of ketones is 1. The van der Waals surface area contributed by atoms with E-state index in [1.165, 1.54) is 12.5 Å². The number of ether oxygens (including phenoxy) is 1. The summed E-state index contributed by atoms with van der Waals surface area (Å²) in [7, 11) is 1.97. The number of likely N-dealkylation sites (N-methyl/N-ethyl adjacent to an activating group) is 1. The average Bonchev–Trinajstić information content (AvgIpc) is 2.60. The summed E-state index contributed by atoms with van der Waals surface area (Å²) in [6.07, 6.45) is 0.398. The van der Waals surface area contributed by atoms with Crippen LogP contribution in [0.3, 0.4) is 0 Å². The number of hydrogen-bond donors (Lipinski definition) is 1. The Morgan fingerprint density at radius 2 is 1.81 bits per heavy atom. The lowest BCUT2D eigenvalue weighted by molar-refractivity contribution is -0.116. The van der Waals surface area contributed by atoms with Crippen molar-refractivity contribution < 1.29 is 14.3 Å². The number of amides is 1. The molecule has 0 spiro atoms. The van der Waals surface area contributed by atoms with Crippen molar-refractivity contribution in [1.82, 2.24) is 4.90 Å². The maximum Gasteiger partial charge on any atom is 0.225 e. The minimum Gasteiger partial charge on any atom is -0.492 e. The Kier molecular flexibility index (Phi) is 7.36. The molecule has 1 amide bonds. The maximum atomic E-state index is 12.0. The van der Waals surface area contributed by atoms with Crippen molar-refractivity contribution in [1.29, 1.82) is 0 Å². The highest BCUT2D eigenvalue weighted by atomic mass is 16.5. The molecule has 0 bridgehead atoms. The lowest BCUT2D eigenvalue weighted by Gasteiger charge is -2.17. The van der Waals surface area contributed by atoms with Gasteiger partial charge >= 0.3 is 0 Å². The Bertz CT molecular complexity index is 741. The Labute approximate surface area is 155 Å². The number of carbonyl (C=O) groups is 2. The molecule has 0 fully saturated rings. The van der Waals surface area contributed by atoms with Gasteiger partial charge in [0.15, 0.2) is 5.78 Å². The SMILES string of the molecule is CC(=O)c1ccc(NC(=O)CCN(C)CCOc2cccc(C)c2)cc1. The Balaban J connectivity index is 1.67. The zero-order chi connectivity index (χ0) is 18.9. The quantitative estimate of drug-likeness (QED) is 0.700. The van der Waals surface area contributed by atoms with Gasteiger partial charge in [0.05, 0.1) is 0 Å². The fraction of sp³-hybridized carbons (Fsp3) is 0.333. The summed E-state index contributed by atoms with van der Waals surface area (Å²) < 4.78 is 5.72. The van der Waals surface area contributed by atoms with E-state index in [-0.39, 0.29) is 11.7 Å². The molecule has 0 aliphatic heterocycles. The van der Waals surface area contributed by atoms with Crippen LogP contribution in [0.25, 0.3) is 0 Å². The van der Waals surface area contributed by atoms with E-state index in [0.717, 1.165) is 12.3 Å². The summed E-state index contributed by atoms with van der Waals surface area (Å²) in [5.74, 6) is 0.828. The van der Waals surface area contributed by atoms with Crippen molar-refractivity contribution >= 4 is 17.4 Å². The van der Waals surface area contributed by atoms with Crippen molar-refractivity contribution in [2.45, 2.75) is 20.3 Å². The third-order valence-electron chi connectivity index (χ3n) is 4.03. The molecule has 1 N–H and O–H groups in total. The van der Waals surface area contributed by atoms with Gasteiger partial charge in [0.2, 0.25) is 5.91 Å². The van der Waals surface area contributed by atoms with Crippen LogP contribution in [0.5, 0.6) is 5.75 Å². The molecule has 0 saturated heterocycles. The highest BCUT2D eigenvalue weighted by molar-refractivity contribution is 5.95. The number of aryl methyl sites for hydroxylation is 1. The predicted octanol–water partition coefficient (Wildman–Crippen LogP) is 3.54. The number of hydrogen-bond acceptors (Lipinski definition) is 4. The van der Waals surface area contributed by atoms with Gasteiger partial charge in [-0.15, -0.1) is 0 Å². The van der Waals surface area contributed by atoms with Gasteiger partial charge in [-0.1, -0.05) is 12.1 Å². The minimum absolute atomic E-state index is 0.0115. The number of carbonyl (C=O) groups excluding carboxylic acids is 2. The van der Waals surface area contributed by atoms with Crippen molar-refractivity contribution in [2.24, 2.45) is 0 Å². The summed E-state index contributed by atoms with van der Waals surface area (Å²) in [5.41, 5.74) is 2.51. The fourth-order valence-electron chi connectivity index (χ4n) is 2.44. The Morgan fingerprint density at radius 1 is 1.08 bits per heavy atom. The Hall–Kier alpha value is -2.66. The van der Waals surface area contributed by atoms with Crippen molar-refractivity contribution in [3.8, 4) is 5.75 Å². The van der Waals surface area contributed by atoms with Crippen LogP contribution in [0.1, 0.15) is 29.3 Å². The maximum absolute atomic E-state index is 12.0. The second-order valence-corrected chi connectivity index (χ2v) is 6.40. The highest BCUT2D eigenvalue weighted by Gasteiger charge is 2.06. The minimum atomic E-state index is -0.0490. The number of benzene rings is 2. The van der Waals surface area contributed by atoms with E-state index in [1.807, 2.05) is 38.2 Å². The molecule has 2 aromatic rings. The van der Waals surface area contributed by atoms with Crippen LogP contribution in [0.4, 0.5) is 5.69 Å². The van der Waals surface area contributed by atoms with Gasteiger partial charge in [0, 0.05) is 30.8 Å². The molecule has 138 valence electrons. The van der Waals surface area contributed by atoms with Crippen LogP contribution < -0.4 is 10.1 Å². The molecule has 0 unspecified atom stereocenters. The van der Waals surface area contributed by atoms with Gasteiger partial charge in [-0.25, -0.2) is 0 Å². The first kappa shape index (κ1) is 19.7.